The van der Waals surface area contributed by atoms with Crippen molar-refractivity contribution in [2.24, 2.45) is 5.92 Å². The molecular weight excluding hydrogens is 413 g/mol. The van der Waals surface area contributed by atoms with Crippen LogP contribution in [-0.4, -0.2) is 23.5 Å². The monoisotopic (exact) mass is 433 g/mol. The molecule has 1 aliphatic rings. The van der Waals surface area contributed by atoms with Crippen molar-refractivity contribution in [1.29, 1.82) is 0 Å². The molecule has 1 saturated carbocycles. The smallest absolute Gasteiger partial charge is 0.253 e. The van der Waals surface area contributed by atoms with E-state index in [2.05, 4.69) is 21.7 Å². The lowest BCUT2D eigenvalue weighted by Gasteiger charge is -2.29. The van der Waals surface area contributed by atoms with E-state index < -0.39 is 0 Å². The number of aromatic nitrogens is 1. The van der Waals surface area contributed by atoms with Crippen LogP contribution in [0.1, 0.15) is 36.0 Å². The summed E-state index contributed by atoms with van der Waals surface area (Å²) in [5.41, 5.74) is 1.48. The van der Waals surface area contributed by atoms with E-state index in [1.807, 2.05) is 18.2 Å². The van der Waals surface area contributed by atoms with Crippen LogP contribution < -0.4 is 10.6 Å². The Kier molecular flexibility index (Phi) is 6.04. The van der Waals surface area contributed by atoms with Crippen molar-refractivity contribution in [2.45, 2.75) is 31.7 Å². The van der Waals surface area contributed by atoms with Gasteiger partial charge in [0.05, 0.1) is 20.8 Å². The number of hydrogen-bond donors (Lipinski definition) is 2. The molecule has 0 atom stereocenters. The number of fused-ring (bicyclic) bond motifs is 1. The molecule has 2 N–H and O–H groups in total. The zero-order chi connectivity index (χ0) is 19.5. The summed E-state index contributed by atoms with van der Waals surface area (Å²) in [5.74, 6) is 0.443. The molecule has 2 aromatic carbocycles. The summed E-state index contributed by atoms with van der Waals surface area (Å²) in [5, 5.41) is 8.51. The first-order valence-corrected chi connectivity index (χ1v) is 11.0. The zero-order valence-electron chi connectivity index (χ0n) is 15.3. The maximum atomic E-state index is 12.5. The minimum Gasteiger partial charge on any atom is -0.361 e. The topological polar surface area (TPSA) is 54.0 Å². The van der Waals surface area contributed by atoms with Crippen molar-refractivity contribution in [2.75, 3.05) is 11.9 Å². The minimum absolute atomic E-state index is 0.149. The van der Waals surface area contributed by atoms with Crippen LogP contribution in [0, 0.1) is 5.92 Å². The van der Waals surface area contributed by atoms with E-state index in [1.165, 1.54) is 4.70 Å². The normalized spacial score (nSPS) is 19.5. The van der Waals surface area contributed by atoms with E-state index in [0.29, 0.717) is 21.5 Å². The highest BCUT2D eigenvalue weighted by Gasteiger charge is 2.23. The number of carbonyl (C=O) groups excluding carboxylic acids is 1. The van der Waals surface area contributed by atoms with Gasteiger partial charge in [0.2, 0.25) is 0 Å². The third kappa shape index (κ3) is 4.59. The van der Waals surface area contributed by atoms with E-state index in [-0.39, 0.29) is 11.9 Å². The number of para-hydroxylation sites is 1. The number of nitrogens with one attached hydrogen (secondary N) is 2. The molecule has 3 aromatic rings. The first-order valence-electron chi connectivity index (χ1n) is 9.44. The fourth-order valence-corrected chi connectivity index (χ4v) is 4.87. The molecule has 146 valence electrons. The van der Waals surface area contributed by atoms with Crippen molar-refractivity contribution < 1.29 is 4.79 Å². The number of amides is 1. The fourth-order valence-electron chi connectivity index (χ4n) is 3.63. The molecular formula is C21H21Cl2N3OS. The second-order valence-electron chi connectivity index (χ2n) is 7.18. The van der Waals surface area contributed by atoms with Crippen LogP contribution in [0.15, 0.2) is 42.5 Å². The Bertz CT molecular complexity index is 950. The van der Waals surface area contributed by atoms with Crippen molar-refractivity contribution in [1.82, 2.24) is 10.3 Å². The summed E-state index contributed by atoms with van der Waals surface area (Å²) in [4.78, 5) is 17.1. The number of benzene rings is 2. The van der Waals surface area contributed by atoms with Gasteiger partial charge in [-0.05, 0) is 61.9 Å². The average molecular weight is 434 g/mol. The van der Waals surface area contributed by atoms with Crippen molar-refractivity contribution in [3.8, 4) is 0 Å². The maximum Gasteiger partial charge on any atom is 0.253 e. The highest BCUT2D eigenvalue weighted by atomic mass is 35.5. The third-order valence-corrected chi connectivity index (χ3v) is 6.75. The van der Waals surface area contributed by atoms with Gasteiger partial charge in [0.25, 0.3) is 5.91 Å². The van der Waals surface area contributed by atoms with Gasteiger partial charge in [-0.1, -0.05) is 46.7 Å². The second kappa shape index (κ2) is 8.68. The lowest BCUT2D eigenvalue weighted by molar-refractivity contribution is 0.0923. The summed E-state index contributed by atoms with van der Waals surface area (Å²) in [6.45, 7) is 0.917. The number of halogens is 2. The molecule has 0 bridgehead atoms. The molecule has 1 heterocycles. The van der Waals surface area contributed by atoms with Gasteiger partial charge in [-0.2, -0.15) is 0 Å². The maximum absolute atomic E-state index is 12.5. The number of anilines is 1. The Balaban J connectivity index is 1.26. The lowest BCUT2D eigenvalue weighted by atomic mass is 9.86. The van der Waals surface area contributed by atoms with Crippen LogP contribution in [0.4, 0.5) is 5.13 Å². The molecule has 28 heavy (non-hydrogen) atoms. The molecule has 0 spiro atoms. The van der Waals surface area contributed by atoms with Crippen molar-refractivity contribution in [3.05, 3.63) is 58.1 Å². The molecule has 1 fully saturated rings. The minimum atomic E-state index is -0.149. The predicted molar refractivity (Wildman–Crippen MR) is 118 cm³/mol. The first-order chi connectivity index (χ1) is 13.6. The molecule has 1 aromatic heterocycles. The largest absolute Gasteiger partial charge is 0.361 e. The Morgan fingerprint density at radius 3 is 2.68 bits per heavy atom. The third-order valence-electron chi connectivity index (χ3n) is 5.19. The predicted octanol–water partition coefficient (Wildman–Crippen LogP) is 6.00. The van der Waals surface area contributed by atoms with E-state index in [0.717, 1.165) is 42.9 Å². The van der Waals surface area contributed by atoms with Gasteiger partial charge in [-0.3, -0.25) is 4.79 Å². The summed E-state index contributed by atoms with van der Waals surface area (Å²) in [7, 11) is 0. The second-order valence-corrected chi connectivity index (χ2v) is 9.06. The summed E-state index contributed by atoms with van der Waals surface area (Å²) < 4.78 is 1.20. The van der Waals surface area contributed by atoms with Gasteiger partial charge in [0.1, 0.15) is 0 Å². The number of rotatable bonds is 5. The van der Waals surface area contributed by atoms with Gasteiger partial charge in [0, 0.05) is 17.6 Å². The molecule has 1 aliphatic carbocycles. The molecule has 0 unspecified atom stereocenters. The fraction of sp³-hybridized carbons (Fsp3) is 0.333. The van der Waals surface area contributed by atoms with Crippen LogP contribution in [0.5, 0.6) is 0 Å². The molecule has 4 rings (SSSR count). The molecule has 7 heteroatoms. The number of thiazole rings is 1. The van der Waals surface area contributed by atoms with E-state index in [4.69, 9.17) is 23.2 Å². The first kappa shape index (κ1) is 19.5. The quantitative estimate of drug-likeness (QED) is 0.518. The number of nitrogens with zero attached hydrogens (tertiary/aromatic N) is 1. The van der Waals surface area contributed by atoms with Crippen LogP contribution >= 0.6 is 34.5 Å². The summed E-state index contributed by atoms with van der Waals surface area (Å²) in [6.07, 6.45) is 4.09. The Labute approximate surface area is 178 Å². The van der Waals surface area contributed by atoms with Gasteiger partial charge in [-0.15, -0.1) is 0 Å². The molecule has 0 saturated heterocycles. The van der Waals surface area contributed by atoms with Crippen LogP contribution in [0.25, 0.3) is 10.2 Å². The Morgan fingerprint density at radius 2 is 1.89 bits per heavy atom. The highest BCUT2D eigenvalue weighted by Crippen LogP contribution is 2.29. The molecule has 0 radical (unpaired) electrons. The number of hydrogen-bond acceptors (Lipinski definition) is 4. The number of carbonyl (C=O) groups is 1. The molecule has 4 nitrogen and oxygen atoms in total. The van der Waals surface area contributed by atoms with Gasteiger partial charge < -0.3 is 10.6 Å². The van der Waals surface area contributed by atoms with Crippen LogP contribution in [-0.2, 0) is 0 Å². The van der Waals surface area contributed by atoms with Gasteiger partial charge in [0.15, 0.2) is 5.13 Å². The summed E-state index contributed by atoms with van der Waals surface area (Å²) >= 11 is 13.8. The van der Waals surface area contributed by atoms with E-state index >= 15 is 0 Å². The average Bonchev–Trinajstić information content (AvgIpc) is 3.12. The Hall–Kier alpha value is -1.82. The summed E-state index contributed by atoms with van der Waals surface area (Å²) in [6, 6.07) is 13.3. The molecule has 0 aliphatic heterocycles. The Morgan fingerprint density at radius 1 is 1.11 bits per heavy atom. The zero-order valence-corrected chi connectivity index (χ0v) is 17.6. The lowest BCUT2D eigenvalue weighted by Crippen LogP contribution is -2.38. The van der Waals surface area contributed by atoms with Gasteiger partial charge >= 0.3 is 0 Å². The van der Waals surface area contributed by atoms with Gasteiger partial charge in [-0.25, -0.2) is 4.98 Å². The van der Waals surface area contributed by atoms with Crippen molar-refractivity contribution in [3.63, 3.8) is 0 Å². The highest BCUT2D eigenvalue weighted by molar-refractivity contribution is 7.22. The van der Waals surface area contributed by atoms with E-state index in [9.17, 15) is 4.79 Å². The molecule has 1 amide bonds. The van der Waals surface area contributed by atoms with Crippen LogP contribution in [0.3, 0.4) is 0 Å². The van der Waals surface area contributed by atoms with Crippen molar-refractivity contribution >= 4 is 55.8 Å². The van der Waals surface area contributed by atoms with Crippen LogP contribution in [0.2, 0.25) is 10.0 Å². The SMILES string of the molecule is O=C(NC1CCC(CNc2nc3ccccc3s2)CC1)c1cc(Cl)ccc1Cl. The standard InChI is InChI=1S/C21H21Cl2N3OS/c22-14-7-10-17(23)16(11-14)20(27)25-15-8-5-13(6-9-15)12-24-21-26-18-3-1-2-4-19(18)28-21/h1-4,7,10-11,13,15H,5-6,8-9,12H2,(H,24,26)(H,25,27). The van der Waals surface area contributed by atoms with E-state index in [1.54, 1.807) is 29.5 Å².